The van der Waals surface area contributed by atoms with Crippen LogP contribution in [0.1, 0.15) is 0 Å². The van der Waals surface area contributed by atoms with Gasteiger partial charge >= 0.3 is 0 Å². The number of benzene rings is 2. The molecule has 8 heteroatoms. The number of aromatic nitrogens is 4. The van der Waals surface area contributed by atoms with Crippen LogP contribution in [0.5, 0.6) is 11.5 Å². The number of nitrogens with zero attached hydrogens (tertiary/aromatic N) is 3. The summed E-state index contributed by atoms with van der Waals surface area (Å²) in [6, 6.07) is 15.2. The Balaban J connectivity index is 1.56. The van der Waals surface area contributed by atoms with Gasteiger partial charge in [0, 0.05) is 23.3 Å². The molecule has 8 nitrogen and oxygen atoms in total. The van der Waals surface area contributed by atoms with Crippen LogP contribution in [0.3, 0.4) is 0 Å². The van der Waals surface area contributed by atoms with E-state index in [4.69, 9.17) is 9.47 Å². The lowest BCUT2D eigenvalue weighted by molar-refractivity contribution is 0.355. The van der Waals surface area contributed by atoms with E-state index < -0.39 is 0 Å². The number of H-pyrrole nitrogens is 1. The molecule has 0 saturated heterocycles. The average molecular weight is 362 g/mol. The van der Waals surface area contributed by atoms with Crippen LogP contribution in [0.25, 0.3) is 10.9 Å². The number of aromatic amines is 1. The quantitative estimate of drug-likeness (QED) is 0.479. The molecule has 3 N–H and O–H groups in total. The Morgan fingerprint density at radius 1 is 0.926 bits per heavy atom. The fourth-order valence-electron chi connectivity index (χ4n) is 2.71. The molecule has 0 bridgehead atoms. The van der Waals surface area contributed by atoms with Gasteiger partial charge in [0.1, 0.15) is 5.82 Å². The van der Waals surface area contributed by atoms with E-state index in [0.717, 1.165) is 16.6 Å². The van der Waals surface area contributed by atoms with Crippen molar-refractivity contribution in [2.75, 3.05) is 24.9 Å². The molecule has 4 rings (SSSR count). The third-order valence-corrected chi connectivity index (χ3v) is 4.01. The maximum atomic E-state index is 5.32. The highest BCUT2D eigenvalue weighted by atomic mass is 16.5. The highest BCUT2D eigenvalue weighted by Crippen LogP contribution is 2.31. The van der Waals surface area contributed by atoms with Crippen LogP contribution >= 0.6 is 0 Å². The van der Waals surface area contributed by atoms with Gasteiger partial charge in [-0.3, -0.25) is 5.10 Å². The molecule has 2 aromatic heterocycles. The van der Waals surface area contributed by atoms with Crippen molar-refractivity contribution < 1.29 is 9.47 Å². The van der Waals surface area contributed by atoms with Crippen molar-refractivity contribution in [3.63, 3.8) is 0 Å². The maximum absolute atomic E-state index is 5.32. The number of rotatable bonds is 6. The normalized spacial score (nSPS) is 10.6. The van der Waals surface area contributed by atoms with Gasteiger partial charge in [-0.2, -0.15) is 10.1 Å². The number of para-hydroxylation sites is 1. The predicted molar refractivity (Wildman–Crippen MR) is 104 cm³/mol. The van der Waals surface area contributed by atoms with E-state index in [2.05, 4.69) is 30.8 Å². The molecule has 0 saturated carbocycles. The van der Waals surface area contributed by atoms with Crippen molar-refractivity contribution in [3.8, 4) is 11.5 Å². The summed E-state index contributed by atoms with van der Waals surface area (Å²) in [6.45, 7) is 0. The number of anilines is 4. The SMILES string of the molecule is COc1ccc(Nc2nccc(Nc3n[nH]c4ccccc34)n2)cc1OC. The van der Waals surface area contributed by atoms with Gasteiger partial charge in [0.05, 0.1) is 19.7 Å². The molecule has 2 aromatic carbocycles. The summed E-state index contributed by atoms with van der Waals surface area (Å²) in [4.78, 5) is 8.75. The highest BCUT2D eigenvalue weighted by Gasteiger charge is 2.08. The summed E-state index contributed by atoms with van der Waals surface area (Å²) < 4.78 is 10.6. The molecule has 136 valence electrons. The lowest BCUT2D eigenvalue weighted by Gasteiger charge is -2.11. The molecule has 27 heavy (non-hydrogen) atoms. The molecule has 0 unspecified atom stereocenters. The van der Waals surface area contributed by atoms with Crippen LogP contribution < -0.4 is 20.1 Å². The van der Waals surface area contributed by atoms with Crippen LogP contribution in [0.2, 0.25) is 0 Å². The molecule has 0 aliphatic rings. The van der Waals surface area contributed by atoms with Crippen molar-refractivity contribution >= 4 is 34.2 Å². The Morgan fingerprint density at radius 2 is 1.78 bits per heavy atom. The summed E-state index contributed by atoms with van der Waals surface area (Å²) in [5, 5.41) is 14.7. The van der Waals surface area contributed by atoms with Crippen molar-refractivity contribution in [1.82, 2.24) is 20.2 Å². The van der Waals surface area contributed by atoms with Crippen molar-refractivity contribution in [1.29, 1.82) is 0 Å². The Morgan fingerprint density at radius 3 is 2.63 bits per heavy atom. The lowest BCUT2D eigenvalue weighted by Crippen LogP contribution is -2.01. The molecule has 0 amide bonds. The highest BCUT2D eigenvalue weighted by molar-refractivity contribution is 5.91. The number of hydrogen-bond acceptors (Lipinski definition) is 7. The standard InChI is InChI=1S/C19H18N6O2/c1-26-15-8-7-12(11-16(15)27-2)21-19-20-10-9-17(23-19)22-18-13-5-3-4-6-14(13)24-25-18/h3-11H,1-2H3,(H3,20,21,22,23,24,25). The third-order valence-electron chi connectivity index (χ3n) is 4.01. The zero-order valence-electron chi connectivity index (χ0n) is 14.9. The molecular weight excluding hydrogens is 344 g/mol. The maximum Gasteiger partial charge on any atom is 0.229 e. The second-order valence-electron chi connectivity index (χ2n) is 5.70. The van der Waals surface area contributed by atoms with Crippen LogP contribution in [0, 0.1) is 0 Å². The molecule has 2 heterocycles. The van der Waals surface area contributed by atoms with E-state index in [-0.39, 0.29) is 0 Å². The summed E-state index contributed by atoms with van der Waals surface area (Å²) in [5.41, 5.74) is 1.74. The second kappa shape index (κ2) is 7.20. The average Bonchev–Trinajstić information content (AvgIpc) is 3.11. The second-order valence-corrected chi connectivity index (χ2v) is 5.70. The number of methoxy groups -OCH3 is 2. The Bertz CT molecular complexity index is 1080. The molecule has 0 spiro atoms. The monoisotopic (exact) mass is 362 g/mol. The smallest absolute Gasteiger partial charge is 0.229 e. The Hall–Kier alpha value is -3.81. The van der Waals surface area contributed by atoms with E-state index in [9.17, 15) is 0 Å². The van der Waals surface area contributed by atoms with E-state index in [1.165, 1.54) is 0 Å². The number of fused-ring (bicyclic) bond motifs is 1. The number of ether oxygens (including phenoxy) is 2. The topological polar surface area (TPSA) is 97.0 Å². The first-order chi connectivity index (χ1) is 13.3. The van der Waals surface area contributed by atoms with Crippen molar-refractivity contribution in [3.05, 3.63) is 54.7 Å². The van der Waals surface area contributed by atoms with Crippen LogP contribution in [0.4, 0.5) is 23.3 Å². The fourth-order valence-corrected chi connectivity index (χ4v) is 2.71. The molecule has 0 aliphatic carbocycles. The van der Waals surface area contributed by atoms with Gasteiger partial charge in [-0.05, 0) is 30.3 Å². The van der Waals surface area contributed by atoms with Gasteiger partial charge in [0.2, 0.25) is 5.95 Å². The van der Waals surface area contributed by atoms with E-state index in [1.807, 2.05) is 42.5 Å². The summed E-state index contributed by atoms with van der Waals surface area (Å²) in [7, 11) is 3.19. The van der Waals surface area contributed by atoms with Crippen LogP contribution in [0.15, 0.2) is 54.7 Å². The van der Waals surface area contributed by atoms with E-state index in [0.29, 0.717) is 29.1 Å². The van der Waals surface area contributed by atoms with Crippen LogP contribution in [-0.4, -0.2) is 34.4 Å². The van der Waals surface area contributed by atoms with Crippen molar-refractivity contribution in [2.24, 2.45) is 0 Å². The number of hydrogen-bond donors (Lipinski definition) is 3. The third kappa shape index (κ3) is 3.45. The van der Waals surface area contributed by atoms with E-state index >= 15 is 0 Å². The molecule has 4 aromatic rings. The largest absolute Gasteiger partial charge is 0.493 e. The minimum absolute atomic E-state index is 0.451. The van der Waals surface area contributed by atoms with E-state index in [1.54, 1.807) is 26.5 Å². The first-order valence-electron chi connectivity index (χ1n) is 8.29. The zero-order valence-corrected chi connectivity index (χ0v) is 14.9. The minimum Gasteiger partial charge on any atom is -0.493 e. The van der Waals surface area contributed by atoms with Gasteiger partial charge in [-0.25, -0.2) is 4.98 Å². The zero-order chi connectivity index (χ0) is 18.6. The summed E-state index contributed by atoms with van der Waals surface area (Å²) in [5.74, 6) is 3.07. The Kier molecular flexibility index (Phi) is 4.44. The van der Waals surface area contributed by atoms with Gasteiger partial charge in [0.25, 0.3) is 0 Å². The molecule has 0 radical (unpaired) electrons. The fraction of sp³-hybridized carbons (Fsp3) is 0.105. The number of nitrogens with one attached hydrogen (secondary N) is 3. The molecule has 0 fully saturated rings. The Labute approximate surface area is 155 Å². The first kappa shape index (κ1) is 16.6. The minimum atomic E-state index is 0.451. The lowest BCUT2D eigenvalue weighted by atomic mass is 10.2. The van der Waals surface area contributed by atoms with Gasteiger partial charge in [0.15, 0.2) is 17.3 Å². The summed E-state index contributed by atoms with van der Waals surface area (Å²) in [6.07, 6.45) is 1.67. The molecular formula is C19H18N6O2. The van der Waals surface area contributed by atoms with Gasteiger partial charge < -0.3 is 20.1 Å². The molecule has 0 atom stereocenters. The van der Waals surface area contributed by atoms with Gasteiger partial charge in [-0.15, -0.1) is 0 Å². The predicted octanol–water partition coefficient (Wildman–Crippen LogP) is 3.86. The van der Waals surface area contributed by atoms with Crippen LogP contribution in [-0.2, 0) is 0 Å². The van der Waals surface area contributed by atoms with Gasteiger partial charge in [-0.1, -0.05) is 12.1 Å². The van der Waals surface area contributed by atoms with Crippen molar-refractivity contribution in [2.45, 2.75) is 0 Å². The first-order valence-corrected chi connectivity index (χ1v) is 8.29. The molecule has 0 aliphatic heterocycles. The summed E-state index contributed by atoms with van der Waals surface area (Å²) >= 11 is 0.